The van der Waals surface area contributed by atoms with Gasteiger partial charge in [-0.2, -0.15) is 10.2 Å². The summed E-state index contributed by atoms with van der Waals surface area (Å²) in [6.07, 6.45) is 1.87. The van der Waals surface area contributed by atoms with Crippen LogP contribution < -0.4 is 15.3 Å². The van der Waals surface area contributed by atoms with Crippen molar-refractivity contribution in [2.24, 2.45) is 5.92 Å². The maximum atomic E-state index is 14.2. The fraction of sp³-hybridized carbons (Fsp3) is 0.483. The molecular weight excluding hydrogens is 609 g/mol. The lowest BCUT2D eigenvalue weighted by molar-refractivity contribution is -0.186. The van der Waals surface area contributed by atoms with E-state index in [-0.39, 0.29) is 30.5 Å². The maximum Gasteiger partial charge on any atom is 0.459 e. The molecule has 1 unspecified atom stereocenters. The predicted octanol–water partition coefficient (Wildman–Crippen LogP) is 2.93. The third-order valence-corrected chi connectivity index (χ3v) is 9.10. The monoisotopic (exact) mass is 645 g/mol. The number of aromatic nitrogens is 3. The fourth-order valence-electron chi connectivity index (χ4n) is 5.12. The number of para-hydroxylation sites is 1. The smallest absolute Gasteiger partial charge is 0.459 e. The van der Waals surface area contributed by atoms with Crippen LogP contribution in [0.1, 0.15) is 46.2 Å². The lowest BCUT2D eigenvalue weighted by atomic mass is 9.86. The third-order valence-electron chi connectivity index (χ3n) is 7.47. The zero-order valence-corrected chi connectivity index (χ0v) is 26.2. The van der Waals surface area contributed by atoms with Crippen molar-refractivity contribution in [3.8, 4) is 5.75 Å². The Labute approximate surface area is 259 Å². The minimum absolute atomic E-state index is 0.165. The summed E-state index contributed by atoms with van der Waals surface area (Å²) in [7, 11) is -4.34. The minimum atomic E-state index is -4.34. The second kappa shape index (κ2) is 12.8. The molecule has 5 rings (SSSR count). The highest BCUT2D eigenvalue weighted by atomic mass is 31.2. The number of carbonyl (C=O) groups excluding carboxylic acids is 3. The average molecular weight is 646 g/mol. The van der Waals surface area contributed by atoms with Crippen LogP contribution >= 0.6 is 7.75 Å². The van der Waals surface area contributed by atoms with Gasteiger partial charge in [0.25, 0.3) is 0 Å². The number of fused-ring (bicyclic) bond motifs is 1. The van der Waals surface area contributed by atoms with Gasteiger partial charge in [0, 0.05) is 13.8 Å². The summed E-state index contributed by atoms with van der Waals surface area (Å²) in [4.78, 5) is 41.7. The summed E-state index contributed by atoms with van der Waals surface area (Å²) in [6, 6.07) is 10.4. The molecule has 3 aromatic rings. The van der Waals surface area contributed by atoms with E-state index < -0.39 is 55.6 Å². The van der Waals surface area contributed by atoms with Crippen molar-refractivity contribution >= 4 is 37.0 Å². The molecule has 2 aliphatic rings. The van der Waals surface area contributed by atoms with Gasteiger partial charge in [-0.1, -0.05) is 18.2 Å². The summed E-state index contributed by atoms with van der Waals surface area (Å²) in [5.41, 5.74) is 3.43. The van der Waals surface area contributed by atoms with Crippen LogP contribution in [0.5, 0.6) is 5.75 Å². The molecule has 0 amide bonds. The fourth-order valence-corrected chi connectivity index (χ4v) is 6.70. The number of nitrogens with zero attached hydrogens (tertiary/aromatic N) is 3. The van der Waals surface area contributed by atoms with Gasteiger partial charge in [-0.3, -0.25) is 18.9 Å². The minimum Gasteiger partial charge on any atom is -0.464 e. The molecule has 16 heteroatoms. The van der Waals surface area contributed by atoms with E-state index in [0.29, 0.717) is 11.4 Å². The van der Waals surface area contributed by atoms with Gasteiger partial charge < -0.3 is 29.2 Å². The van der Waals surface area contributed by atoms with Crippen LogP contribution in [-0.2, 0) is 48.0 Å². The van der Waals surface area contributed by atoms with Crippen LogP contribution in [0, 0.1) is 5.92 Å². The quantitative estimate of drug-likeness (QED) is 0.157. The van der Waals surface area contributed by atoms with Crippen LogP contribution in [0.3, 0.4) is 0 Å². The number of hydrogen-bond donors (Lipinski definition) is 2. The summed E-state index contributed by atoms with van der Waals surface area (Å²) in [5.74, 6) is -1.34. The van der Waals surface area contributed by atoms with E-state index in [1.807, 2.05) is 0 Å². The van der Waals surface area contributed by atoms with Crippen molar-refractivity contribution < 1.29 is 46.9 Å². The summed E-state index contributed by atoms with van der Waals surface area (Å²) in [6.45, 7) is 4.88. The van der Waals surface area contributed by atoms with Crippen molar-refractivity contribution in [1.82, 2.24) is 19.7 Å². The lowest BCUT2D eigenvalue weighted by Crippen LogP contribution is -2.54. The molecule has 1 saturated heterocycles. The second-order valence-electron chi connectivity index (χ2n) is 11.3. The number of nitrogens with one attached hydrogen (secondary N) is 1. The van der Waals surface area contributed by atoms with E-state index in [0.717, 1.165) is 12.8 Å². The van der Waals surface area contributed by atoms with Crippen LogP contribution in [0.15, 0.2) is 48.8 Å². The van der Waals surface area contributed by atoms with Gasteiger partial charge >= 0.3 is 25.7 Å². The topological polar surface area (TPSA) is 192 Å². The average Bonchev–Trinajstić information content (AvgIpc) is 3.65. The Kier molecular flexibility index (Phi) is 9.17. The SMILES string of the molecule is CC(=O)O[C@H]1C(OC(C)=O)(c2ccc3c(N)ncnn23)CO[C@]1(C)CO[P@@](=O)(N[C@@H](C)C(=O)OCC1CC1)Oc1ccccc1. The molecule has 45 heavy (non-hydrogen) atoms. The predicted molar refractivity (Wildman–Crippen MR) is 158 cm³/mol. The van der Waals surface area contributed by atoms with Gasteiger partial charge in [-0.15, -0.1) is 0 Å². The van der Waals surface area contributed by atoms with Crippen molar-refractivity contribution in [2.75, 3.05) is 25.6 Å². The van der Waals surface area contributed by atoms with E-state index in [2.05, 4.69) is 15.2 Å². The number of ether oxygens (including phenoxy) is 4. The van der Waals surface area contributed by atoms with E-state index in [1.54, 1.807) is 49.4 Å². The highest BCUT2D eigenvalue weighted by Crippen LogP contribution is 2.50. The molecule has 242 valence electrons. The third kappa shape index (κ3) is 7.12. The molecule has 5 atom stereocenters. The summed E-state index contributed by atoms with van der Waals surface area (Å²) >= 11 is 0. The van der Waals surface area contributed by atoms with Crippen LogP contribution in [0.25, 0.3) is 5.52 Å². The Balaban J connectivity index is 1.46. The van der Waals surface area contributed by atoms with Gasteiger partial charge in [0.2, 0.25) is 5.60 Å². The summed E-state index contributed by atoms with van der Waals surface area (Å²) in [5, 5.41) is 6.91. The van der Waals surface area contributed by atoms with Crippen molar-refractivity contribution in [1.29, 1.82) is 0 Å². The maximum absolute atomic E-state index is 14.2. The Morgan fingerprint density at radius 3 is 2.56 bits per heavy atom. The Bertz CT molecular complexity index is 1620. The molecule has 1 saturated carbocycles. The molecule has 15 nitrogen and oxygen atoms in total. The van der Waals surface area contributed by atoms with Gasteiger partial charge in [0.05, 0.1) is 25.5 Å². The van der Waals surface area contributed by atoms with Crippen molar-refractivity contribution in [3.05, 3.63) is 54.5 Å². The van der Waals surface area contributed by atoms with Crippen LogP contribution in [0.4, 0.5) is 5.82 Å². The Hall–Kier alpha value is -4.04. The lowest BCUT2D eigenvalue weighted by Gasteiger charge is -2.37. The number of benzene rings is 1. The zero-order valence-electron chi connectivity index (χ0n) is 25.3. The number of esters is 3. The molecular formula is C29H36N5O10P. The van der Waals surface area contributed by atoms with Gasteiger partial charge in [-0.25, -0.2) is 14.1 Å². The molecule has 2 aromatic heterocycles. The van der Waals surface area contributed by atoms with Crippen molar-refractivity contribution in [2.45, 2.75) is 63.9 Å². The molecule has 0 radical (unpaired) electrons. The van der Waals surface area contributed by atoms with Gasteiger partial charge in [0.15, 0.2) is 11.9 Å². The van der Waals surface area contributed by atoms with Crippen molar-refractivity contribution in [3.63, 3.8) is 0 Å². The molecule has 1 aromatic carbocycles. The number of nitrogens with two attached hydrogens (primary N) is 1. The summed E-state index contributed by atoms with van der Waals surface area (Å²) < 4.78 is 50.5. The molecule has 3 heterocycles. The number of anilines is 1. The van der Waals surface area contributed by atoms with Crippen LogP contribution in [-0.4, -0.2) is 70.1 Å². The first-order valence-corrected chi connectivity index (χ1v) is 15.9. The van der Waals surface area contributed by atoms with Crippen LogP contribution in [0.2, 0.25) is 0 Å². The number of hydrogen-bond acceptors (Lipinski definition) is 13. The molecule has 0 bridgehead atoms. The molecule has 0 spiro atoms. The highest BCUT2D eigenvalue weighted by Gasteiger charge is 2.64. The van der Waals surface area contributed by atoms with E-state index in [1.165, 1.54) is 31.6 Å². The Morgan fingerprint density at radius 1 is 1.16 bits per heavy atom. The normalized spacial score (nSPS) is 24.8. The van der Waals surface area contributed by atoms with E-state index in [4.69, 9.17) is 33.7 Å². The molecule has 1 aliphatic heterocycles. The van der Waals surface area contributed by atoms with Gasteiger partial charge in [-0.05, 0) is 56.9 Å². The number of nitrogen functional groups attached to an aromatic ring is 1. The largest absolute Gasteiger partial charge is 0.464 e. The first-order chi connectivity index (χ1) is 21.3. The number of carbonyl (C=O) groups is 3. The standard InChI is InChI=1S/C29H36N5O10P/c1-18(26(37)39-14-21-10-11-21)33-45(38,44-22-8-6-5-7-9-22)41-15-28(4)27(42-19(2)35)29(16-40-28,43-20(3)36)24-13-12-23-25(30)31-17-32-34(23)24/h5-9,12-13,17-18,21,27H,10-11,14-16H2,1-4H3,(H,33,38)(H2,30,31,32)/t18-,27+,28+,29?,45-/m0/s1. The van der Waals surface area contributed by atoms with E-state index >= 15 is 0 Å². The van der Waals surface area contributed by atoms with E-state index in [9.17, 15) is 18.9 Å². The molecule has 1 aliphatic carbocycles. The zero-order chi connectivity index (χ0) is 32.4. The Morgan fingerprint density at radius 2 is 1.89 bits per heavy atom. The highest BCUT2D eigenvalue weighted by molar-refractivity contribution is 7.52. The first kappa shape index (κ1) is 32.4. The molecule has 2 fully saturated rings. The second-order valence-corrected chi connectivity index (χ2v) is 13.0. The van der Waals surface area contributed by atoms with Gasteiger partial charge in [0.1, 0.15) is 29.2 Å². The number of rotatable bonds is 13. The first-order valence-electron chi connectivity index (χ1n) is 14.4. The molecule has 3 N–H and O–H groups in total.